The van der Waals surface area contributed by atoms with E-state index in [0.29, 0.717) is 21.7 Å². The predicted octanol–water partition coefficient (Wildman–Crippen LogP) is 3.23. The number of nitrogens with zero attached hydrogens (tertiary/aromatic N) is 2. The monoisotopic (exact) mass is 407 g/mol. The lowest BCUT2D eigenvalue weighted by Gasteiger charge is -2.36. The third-order valence-electron chi connectivity index (χ3n) is 4.15. The van der Waals surface area contributed by atoms with Gasteiger partial charge < -0.3 is 10.4 Å². The SMILES string of the molecule is Cl.Cl.N#Cc1cc(Br)c(O)c([C@H](C2CC2)N2CCNCC2)c1. The average Bonchev–Trinajstić information content (AvgIpc) is 3.29. The largest absolute Gasteiger partial charge is 0.506 e. The Morgan fingerprint density at radius 3 is 2.45 bits per heavy atom. The maximum absolute atomic E-state index is 10.4. The van der Waals surface area contributed by atoms with Gasteiger partial charge in [-0.25, -0.2) is 0 Å². The third kappa shape index (κ3) is 4.06. The van der Waals surface area contributed by atoms with Crippen LogP contribution in [0.15, 0.2) is 16.6 Å². The maximum Gasteiger partial charge on any atom is 0.134 e. The van der Waals surface area contributed by atoms with E-state index < -0.39 is 0 Å². The third-order valence-corrected chi connectivity index (χ3v) is 4.76. The number of hydrogen-bond donors (Lipinski definition) is 2. The Kier molecular flexibility index (Phi) is 7.43. The summed E-state index contributed by atoms with van der Waals surface area (Å²) >= 11 is 3.37. The second-order valence-electron chi connectivity index (χ2n) is 5.58. The molecule has 1 saturated heterocycles. The van der Waals surface area contributed by atoms with E-state index >= 15 is 0 Å². The summed E-state index contributed by atoms with van der Waals surface area (Å²) in [5.74, 6) is 0.902. The first-order valence-corrected chi connectivity index (χ1v) is 7.87. The molecule has 0 radical (unpaired) electrons. The van der Waals surface area contributed by atoms with Crippen LogP contribution in [0.4, 0.5) is 0 Å². The van der Waals surface area contributed by atoms with E-state index in [0.717, 1.165) is 31.7 Å². The van der Waals surface area contributed by atoms with Gasteiger partial charge in [-0.05, 0) is 46.8 Å². The summed E-state index contributed by atoms with van der Waals surface area (Å²) in [4.78, 5) is 2.44. The van der Waals surface area contributed by atoms with Crippen LogP contribution in [0.25, 0.3) is 0 Å². The smallest absolute Gasteiger partial charge is 0.134 e. The summed E-state index contributed by atoms with van der Waals surface area (Å²) in [6.07, 6.45) is 2.42. The molecule has 122 valence electrons. The van der Waals surface area contributed by atoms with E-state index in [1.165, 1.54) is 12.8 Å². The minimum atomic E-state index is 0. The van der Waals surface area contributed by atoms with Gasteiger partial charge in [0.15, 0.2) is 0 Å². The highest BCUT2D eigenvalue weighted by Crippen LogP contribution is 2.48. The fourth-order valence-corrected chi connectivity index (χ4v) is 3.51. The highest BCUT2D eigenvalue weighted by atomic mass is 79.9. The van der Waals surface area contributed by atoms with E-state index in [9.17, 15) is 5.11 Å². The topological polar surface area (TPSA) is 59.3 Å². The number of phenols is 1. The molecule has 4 nitrogen and oxygen atoms in total. The number of rotatable bonds is 3. The average molecular weight is 409 g/mol. The zero-order valence-corrected chi connectivity index (χ0v) is 15.3. The summed E-state index contributed by atoms with van der Waals surface area (Å²) in [6, 6.07) is 5.95. The van der Waals surface area contributed by atoms with E-state index in [4.69, 9.17) is 5.26 Å². The molecule has 7 heteroatoms. The van der Waals surface area contributed by atoms with Gasteiger partial charge in [0.25, 0.3) is 0 Å². The normalized spacial score (nSPS) is 19.5. The van der Waals surface area contributed by atoms with Gasteiger partial charge in [-0.1, -0.05) is 0 Å². The van der Waals surface area contributed by atoms with Crippen molar-refractivity contribution >= 4 is 40.7 Å². The quantitative estimate of drug-likeness (QED) is 0.805. The van der Waals surface area contributed by atoms with E-state index in [1.807, 2.05) is 6.07 Å². The van der Waals surface area contributed by atoms with Gasteiger partial charge >= 0.3 is 0 Å². The standard InChI is InChI=1S/C15H18BrN3O.2ClH/c16-13-8-10(9-17)7-12(15(13)20)14(11-1-2-11)19-5-3-18-4-6-19;;/h7-8,11,14,18,20H,1-6H2;2*1H/t14-;;/m0../s1. The fraction of sp³-hybridized carbons (Fsp3) is 0.533. The van der Waals surface area contributed by atoms with Crippen LogP contribution in [0.5, 0.6) is 5.75 Å². The van der Waals surface area contributed by atoms with Crippen LogP contribution in [-0.2, 0) is 0 Å². The Balaban J connectivity index is 0.00000121. The molecule has 22 heavy (non-hydrogen) atoms. The minimum absolute atomic E-state index is 0. The first-order chi connectivity index (χ1) is 9.70. The Labute approximate surface area is 151 Å². The first-order valence-electron chi connectivity index (χ1n) is 7.08. The molecule has 0 aromatic heterocycles. The van der Waals surface area contributed by atoms with Crippen molar-refractivity contribution in [3.8, 4) is 11.8 Å². The van der Waals surface area contributed by atoms with Crippen molar-refractivity contribution in [1.82, 2.24) is 10.2 Å². The molecule has 2 N–H and O–H groups in total. The molecule has 0 bridgehead atoms. The second-order valence-corrected chi connectivity index (χ2v) is 6.43. The first kappa shape index (κ1) is 19.5. The van der Waals surface area contributed by atoms with Crippen LogP contribution < -0.4 is 5.32 Å². The zero-order chi connectivity index (χ0) is 14.1. The van der Waals surface area contributed by atoms with Crippen LogP contribution in [0, 0.1) is 17.2 Å². The van der Waals surface area contributed by atoms with Gasteiger partial charge in [-0.3, -0.25) is 4.90 Å². The highest BCUT2D eigenvalue weighted by Gasteiger charge is 2.38. The van der Waals surface area contributed by atoms with Gasteiger partial charge in [0.1, 0.15) is 5.75 Å². The second kappa shape index (κ2) is 8.37. The minimum Gasteiger partial charge on any atom is -0.506 e. The number of hydrogen-bond acceptors (Lipinski definition) is 4. The van der Waals surface area contributed by atoms with Crippen molar-refractivity contribution in [2.75, 3.05) is 26.2 Å². The summed E-state index contributed by atoms with van der Waals surface area (Å²) < 4.78 is 0.618. The molecule has 2 aliphatic rings. The van der Waals surface area contributed by atoms with Crippen LogP contribution >= 0.6 is 40.7 Å². The fourth-order valence-electron chi connectivity index (χ4n) is 3.03. The van der Waals surface area contributed by atoms with E-state index in [2.05, 4.69) is 32.2 Å². The van der Waals surface area contributed by atoms with Crippen molar-refractivity contribution in [1.29, 1.82) is 5.26 Å². The van der Waals surface area contributed by atoms with Crippen molar-refractivity contribution in [2.45, 2.75) is 18.9 Å². The molecular weight excluding hydrogens is 389 g/mol. The summed E-state index contributed by atoms with van der Waals surface area (Å²) in [7, 11) is 0. The van der Waals surface area contributed by atoms with Crippen molar-refractivity contribution in [3.05, 3.63) is 27.7 Å². The summed E-state index contributed by atoms with van der Waals surface area (Å²) in [5.41, 5.74) is 1.51. The zero-order valence-electron chi connectivity index (χ0n) is 12.1. The highest BCUT2D eigenvalue weighted by molar-refractivity contribution is 9.10. The molecule has 1 aromatic rings. The molecule has 3 rings (SSSR count). The van der Waals surface area contributed by atoms with Gasteiger partial charge in [-0.2, -0.15) is 5.26 Å². The van der Waals surface area contributed by atoms with Crippen molar-refractivity contribution < 1.29 is 5.11 Å². The molecule has 0 amide bonds. The van der Waals surface area contributed by atoms with Crippen molar-refractivity contribution in [3.63, 3.8) is 0 Å². The number of nitrogens with one attached hydrogen (secondary N) is 1. The Morgan fingerprint density at radius 2 is 1.91 bits per heavy atom. The summed E-state index contributed by atoms with van der Waals surface area (Å²) in [6.45, 7) is 3.97. The van der Waals surface area contributed by atoms with Gasteiger partial charge in [0.05, 0.1) is 16.1 Å². The Hall–Kier alpha value is -0.510. The van der Waals surface area contributed by atoms with Gasteiger partial charge in [0.2, 0.25) is 0 Å². The predicted molar refractivity (Wildman–Crippen MR) is 94.9 cm³/mol. The Morgan fingerprint density at radius 1 is 1.27 bits per heavy atom. The lowest BCUT2D eigenvalue weighted by molar-refractivity contribution is 0.153. The molecule has 1 saturated carbocycles. The number of nitriles is 1. The van der Waals surface area contributed by atoms with Crippen LogP contribution in [0.1, 0.15) is 30.0 Å². The van der Waals surface area contributed by atoms with Gasteiger partial charge in [-0.15, -0.1) is 24.8 Å². The molecule has 1 heterocycles. The molecule has 0 unspecified atom stereocenters. The molecule has 1 aromatic carbocycles. The lowest BCUT2D eigenvalue weighted by atomic mass is 9.97. The van der Waals surface area contributed by atoms with Crippen LogP contribution in [-0.4, -0.2) is 36.2 Å². The number of halogens is 3. The molecule has 1 aliphatic heterocycles. The van der Waals surface area contributed by atoms with Gasteiger partial charge in [0, 0.05) is 37.8 Å². The summed E-state index contributed by atoms with van der Waals surface area (Å²) in [5, 5.41) is 22.9. The molecule has 1 atom stereocenters. The number of benzene rings is 1. The Bertz CT molecular complexity index is 554. The molecule has 0 spiro atoms. The maximum atomic E-state index is 10.4. The number of phenolic OH excluding ortho intramolecular Hbond substituents is 1. The molecular formula is C15H20BrCl2N3O. The van der Waals surface area contributed by atoms with Crippen LogP contribution in [0.3, 0.4) is 0 Å². The lowest BCUT2D eigenvalue weighted by Crippen LogP contribution is -2.45. The number of aromatic hydroxyl groups is 1. The van der Waals surface area contributed by atoms with Crippen molar-refractivity contribution in [2.24, 2.45) is 5.92 Å². The molecule has 2 fully saturated rings. The van der Waals surface area contributed by atoms with E-state index in [1.54, 1.807) is 6.07 Å². The van der Waals surface area contributed by atoms with Crippen LogP contribution in [0.2, 0.25) is 0 Å². The molecule has 1 aliphatic carbocycles. The van der Waals surface area contributed by atoms with E-state index in [-0.39, 0.29) is 30.9 Å². The number of piperazine rings is 1.